The van der Waals surface area contributed by atoms with Crippen molar-refractivity contribution >= 4 is 17.1 Å². The minimum Gasteiger partial charge on any atom is -0.476 e. The molecular weight excluding hydrogens is 369 g/mol. The Morgan fingerprint density at radius 3 is 2.93 bits per heavy atom. The largest absolute Gasteiger partial charge is 0.476 e. The second-order valence-corrected chi connectivity index (χ2v) is 7.15. The Bertz CT molecular complexity index is 871. The molecule has 5 nitrogen and oxygen atoms in total. The van der Waals surface area contributed by atoms with Gasteiger partial charge in [-0.1, -0.05) is 0 Å². The topological polar surface area (TPSA) is 49.4 Å². The molecule has 2 aliphatic rings. The van der Waals surface area contributed by atoms with Crippen LogP contribution in [0.1, 0.15) is 30.4 Å². The third kappa shape index (κ3) is 3.26. The van der Waals surface area contributed by atoms with Gasteiger partial charge in [-0.2, -0.15) is 13.2 Å². The molecule has 2 aliphatic heterocycles. The zero-order valence-corrected chi connectivity index (χ0v) is 15.8. The molecule has 150 valence electrons. The lowest BCUT2D eigenvalue weighted by molar-refractivity contribution is -0.137. The Labute approximate surface area is 161 Å². The number of nitrogens with one attached hydrogen (secondary N) is 2. The average molecular weight is 392 g/mol. The molecule has 8 heteroatoms. The molecular formula is C20H23F3N4O. The predicted molar refractivity (Wildman–Crippen MR) is 103 cm³/mol. The third-order valence-corrected chi connectivity index (χ3v) is 5.47. The first-order valence-corrected chi connectivity index (χ1v) is 9.43. The molecule has 0 bridgehead atoms. The molecule has 0 radical (unpaired) electrons. The van der Waals surface area contributed by atoms with Crippen molar-refractivity contribution in [2.45, 2.75) is 31.5 Å². The predicted octanol–water partition coefficient (Wildman–Crippen LogP) is 4.14. The van der Waals surface area contributed by atoms with Crippen LogP contribution in [0.25, 0.3) is 0 Å². The summed E-state index contributed by atoms with van der Waals surface area (Å²) >= 11 is 0. The van der Waals surface area contributed by atoms with Gasteiger partial charge < -0.3 is 20.3 Å². The highest BCUT2D eigenvalue weighted by atomic mass is 19.4. The number of benzene rings is 1. The number of likely N-dealkylation sites (N-methyl/N-ethyl adjacent to an activating group) is 1. The molecule has 1 aromatic carbocycles. The summed E-state index contributed by atoms with van der Waals surface area (Å²) in [7, 11) is 1.77. The highest BCUT2D eigenvalue weighted by Gasteiger charge is 2.45. The fourth-order valence-corrected chi connectivity index (χ4v) is 4.31. The van der Waals surface area contributed by atoms with Gasteiger partial charge in [-0.15, -0.1) is 0 Å². The molecule has 2 N–H and O–H groups in total. The van der Waals surface area contributed by atoms with E-state index in [1.54, 1.807) is 25.4 Å². The summed E-state index contributed by atoms with van der Waals surface area (Å²) in [6.07, 6.45) is -2.02. The van der Waals surface area contributed by atoms with Gasteiger partial charge in [0.05, 0.1) is 17.9 Å². The van der Waals surface area contributed by atoms with E-state index in [9.17, 15) is 13.2 Å². The van der Waals surface area contributed by atoms with Crippen molar-refractivity contribution < 1.29 is 17.9 Å². The van der Waals surface area contributed by atoms with Gasteiger partial charge in [0, 0.05) is 37.4 Å². The normalized spacial score (nSPS) is 21.2. The number of ether oxygens (including phenoxy) is 1. The van der Waals surface area contributed by atoms with E-state index < -0.39 is 11.7 Å². The number of aromatic nitrogens is 1. The van der Waals surface area contributed by atoms with E-state index in [4.69, 9.17) is 4.74 Å². The molecule has 1 saturated heterocycles. The lowest BCUT2D eigenvalue weighted by Crippen LogP contribution is -2.42. The van der Waals surface area contributed by atoms with Crippen LogP contribution in [0.5, 0.6) is 5.88 Å². The minimum absolute atomic E-state index is 0.0388. The van der Waals surface area contributed by atoms with Crippen molar-refractivity contribution in [1.29, 1.82) is 0 Å². The highest BCUT2D eigenvalue weighted by Crippen LogP contribution is 2.50. The number of piperidine rings is 1. The fraction of sp³-hybridized carbons (Fsp3) is 0.450. The van der Waals surface area contributed by atoms with Gasteiger partial charge in [-0.05, 0) is 49.7 Å². The van der Waals surface area contributed by atoms with Gasteiger partial charge in [0.1, 0.15) is 5.69 Å². The van der Waals surface area contributed by atoms with Crippen LogP contribution in [-0.2, 0) is 6.18 Å². The summed E-state index contributed by atoms with van der Waals surface area (Å²) in [5.41, 5.74) is 1.36. The number of alkyl halides is 3. The van der Waals surface area contributed by atoms with Gasteiger partial charge in [0.2, 0.25) is 5.88 Å². The molecule has 28 heavy (non-hydrogen) atoms. The molecule has 2 atom stereocenters. The van der Waals surface area contributed by atoms with E-state index in [1.165, 1.54) is 6.07 Å². The fourth-order valence-electron chi connectivity index (χ4n) is 4.31. The first kappa shape index (κ1) is 18.9. The summed E-state index contributed by atoms with van der Waals surface area (Å²) in [5, 5.41) is 6.40. The minimum atomic E-state index is -4.44. The smallest absolute Gasteiger partial charge is 0.418 e. The maximum atomic E-state index is 13.9. The van der Waals surface area contributed by atoms with E-state index in [-0.39, 0.29) is 12.0 Å². The molecule has 2 aromatic rings. The number of fused-ring (bicyclic) bond motifs is 3. The van der Waals surface area contributed by atoms with Gasteiger partial charge in [0.15, 0.2) is 0 Å². The van der Waals surface area contributed by atoms with E-state index >= 15 is 0 Å². The zero-order valence-electron chi connectivity index (χ0n) is 15.8. The van der Waals surface area contributed by atoms with Gasteiger partial charge in [-0.3, -0.25) is 0 Å². The quantitative estimate of drug-likeness (QED) is 0.819. The number of pyridine rings is 1. The Balaban J connectivity index is 1.79. The van der Waals surface area contributed by atoms with Crippen LogP contribution in [-0.4, -0.2) is 37.8 Å². The Hall–Kier alpha value is -2.48. The third-order valence-electron chi connectivity index (χ3n) is 5.47. The zero-order chi connectivity index (χ0) is 19.9. The number of hydrogen-bond acceptors (Lipinski definition) is 5. The van der Waals surface area contributed by atoms with Crippen LogP contribution in [0.15, 0.2) is 30.5 Å². The maximum absolute atomic E-state index is 13.9. The lowest BCUT2D eigenvalue weighted by Gasteiger charge is -2.31. The summed E-state index contributed by atoms with van der Waals surface area (Å²) in [6, 6.07) is 6.57. The number of anilines is 3. The maximum Gasteiger partial charge on any atom is 0.418 e. The van der Waals surface area contributed by atoms with Gasteiger partial charge in [0.25, 0.3) is 0 Å². The molecule has 0 saturated carbocycles. The lowest BCUT2D eigenvalue weighted by atomic mass is 9.89. The molecule has 0 aliphatic carbocycles. The number of rotatable bonds is 4. The Morgan fingerprint density at radius 1 is 1.36 bits per heavy atom. The standard InChI is InChI=1S/C20H23F3N4O/c1-3-28-19-16(5-4-7-25-19)26-12-9-13-14-11-24-8-6-17(14)27(2)18(13)15(10-12)20(21,22)23/h4-5,7,9-10,14,17,24,26H,3,6,8,11H2,1-2H3. The number of hydrogen-bond donors (Lipinski definition) is 2. The summed E-state index contributed by atoms with van der Waals surface area (Å²) in [5.74, 6) is 0.408. The van der Waals surface area contributed by atoms with Crippen LogP contribution in [0.4, 0.5) is 30.2 Å². The Kier molecular flexibility index (Phi) is 4.82. The van der Waals surface area contributed by atoms with Crippen molar-refractivity contribution in [3.63, 3.8) is 0 Å². The summed E-state index contributed by atoms with van der Waals surface area (Å²) in [6.45, 7) is 3.75. The highest BCUT2D eigenvalue weighted by molar-refractivity contribution is 5.75. The molecule has 0 amide bonds. The van der Waals surface area contributed by atoms with E-state index in [0.29, 0.717) is 36.1 Å². The van der Waals surface area contributed by atoms with Crippen molar-refractivity contribution in [3.05, 3.63) is 41.6 Å². The molecule has 4 rings (SSSR count). The molecule has 1 aromatic heterocycles. The number of halogens is 3. The molecule has 3 heterocycles. The van der Waals surface area contributed by atoms with Crippen molar-refractivity contribution in [1.82, 2.24) is 10.3 Å². The Morgan fingerprint density at radius 2 is 2.18 bits per heavy atom. The van der Waals surface area contributed by atoms with E-state index in [0.717, 1.165) is 18.5 Å². The van der Waals surface area contributed by atoms with Crippen molar-refractivity contribution in [3.8, 4) is 5.88 Å². The monoisotopic (exact) mass is 392 g/mol. The first-order valence-electron chi connectivity index (χ1n) is 9.43. The van der Waals surface area contributed by atoms with E-state index in [2.05, 4.69) is 15.6 Å². The van der Waals surface area contributed by atoms with Crippen molar-refractivity contribution in [2.75, 3.05) is 37.0 Å². The van der Waals surface area contributed by atoms with Gasteiger partial charge >= 0.3 is 6.18 Å². The van der Waals surface area contributed by atoms with Crippen LogP contribution >= 0.6 is 0 Å². The van der Waals surface area contributed by atoms with Crippen molar-refractivity contribution in [2.24, 2.45) is 0 Å². The number of nitrogens with zero attached hydrogens (tertiary/aromatic N) is 2. The van der Waals surface area contributed by atoms with Crippen LogP contribution in [0.2, 0.25) is 0 Å². The summed E-state index contributed by atoms with van der Waals surface area (Å²) in [4.78, 5) is 5.97. The molecule has 1 fully saturated rings. The SMILES string of the molecule is CCOc1ncccc1Nc1cc2c(c(C(F)(F)F)c1)N(C)C1CCNCC21. The molecule has 0 spiro atoms. The van der Waals surface area contributed by atoms with Crippen LogP contribution in [0.3, 0.4) is 0 Å². The average Bonchev–Trinajstić information content (AvgIpc) is 2.95. The second-order valence-electron chi connectivity index (χ2n) is 7.15. The van der Waals surface area contributed by atoms with Crippen LogP contribution < -0.4 is 20.3 Å². The van der Waals surface area contributed by atoms with E-state index in [1.807, 2.05) is 17.9 Å². The summed E-state index contributed by atoms with van der Waals surface area (Å²) < 4.78 is 47.2. The molecule has 2 unspecified atom stereocenters. The second kappa shape index (κ2) is 7.16. The van der Waals surface area contributed by atoms with Crippen LogP contribution in [0, 0.1) is 0 Å². The van der Waals surface area contributed by atoms with Gasteiger partial charge in [-0.25, -0.2) is 4.98 Å². The first-order chi connectivity index (χ1) is 13.4.